The van der Waals surface area contributed by atoms with Crippen LogP contribution < -0.4 is 19.3 Å². The molecule has 0 aliphatic heterocycles. The molecule has 0 bridgehead atoms. The van der Waals surface area contributed by atoms with Crippen molar-refractivity contribution in [2.24, 2.45) is 0 Å². The Hall–Kier alpha value is -2.44. The number of hydrogen-bond donors (Lipinski definition) is 3. The van der Waals surface area contributed by atoms with Crippen LogP contribution in [0.1, 0.15) is 25.0 Å². The van der Waals surface area contributed by atoms with E-state index in [1.165, 1.54) is 14.2 Å². The predicted molar refractivity (Wildman–Crippen MR) is 103 cm³/mol. The lowest BCUT2D eigenvalue weighted by Crippen LogP contribution is -2.10. The molecule has 0 aliphatic carbocycles. The molecule has 1 unspecified atom stereocenters. The molecule has 1 aromatic heterocycles. The van der Waals surface area contributed by atoms with Crippen molar-refractivity contribution in [3.8, 4) is 23.0 Å². The Morgan fingerprint density at radius 3 is 2.00 bits per heavy atom. The highest BCUT2D eigenvalue weighted by Gasteiger charge is 2.30. The zero-order chi connectivity index (χ0) is 20.0. The number of aromatic hydroxyl groups is 1. The summed E-state index contributed by atoms with van der Waals surface area (Å²) in [6, 6.07) is 3.36. The van der Waals surface area contributed by atoms with Crippen molar-refractivity contribution >= 4 is 13.3 Å². The van der Waals surface area contributed by atoms with Crippen molar-refractivity contribution in [1.29, 1.82) is 0 Å². The quantitative estimate of drug-likeness (QED) is 0.552. The maximum Gasteiger partial charge on any atom is 0.395 e. The number of phenols is 1. The molecule has 0 spiro atoms. The fourth-order valence-electron chi connectivity index (χ4n) is 2.81. The van der Waals surface area contributed by atoms with Gasteiger partial charge in [-0.25, -0.2) is 4.57 Å². The van der Waals surface area contributed by atoms with Gasteiger partial charge in [0.05, 0.1) is 14.2 Å². The second-order valence-electron chi connectivity index (χ2n) is 5.71. The Morgan fingerprint density at radius 2 is 1.56 bits per heavy atom. The first kappa shape index (κ1) is 20.9. The van der Waals surface area contributed by atoms with Gasteiger partial charge in [-0.15, -0.1) is 0 Å². The molecule has 148 valence electrons. The van der Waals surface area contributed by atoms with Gasteiger partial charge in [-0.1, -0.05) is 13.8 Å². The summed E-state index contributed by atoms with van der Waals surface area (Å²) < 4.78 is 28.8. The van der Waals surface area contributed by atoms with Crippen LogP contribution in [-0.2, 0) is 17.4 Å². The van der Waals surface area contributed by atoms with Gasteiger partial charge in [0.2, 0.25) is 5.75 Å². The molecule has 1 heterocycles. The number of nitrogens with one attached hydrogen (secondary N) is 1. The molecule has 3 N–H and O–H groups in total. The normalized spacial score (nSPS) is 12.9. The summed E-state index contributed by atoms with van der Waals surface area (Å²) in [5.74, 6) is 0.393. The zero-order valence-corrected chi connectivity index (χ0v) is 16.7. The molecular formula is C18H25N2O6P. The van der Waals surface area contributed by atoms with Crippen molar-refractivity contribution in [1.82, 2.24) is 4.98 Å². The van der Waals surface area contributed by atoms with Crippen molar-refractivity contribution in [3.05, 3.63) is 35.7 Å². The van der Waals surface area contributed by atoms with Gasteiger partial charge in [0.1, 0.15) is 12.0 Å². The summed E-state index contributed by atoms with van der Waals surface area (Å²) in [5, 5.41) is 13.3. The molecule has 1 atom stereocenters. The zero-order valence-electron chi connectivity index (χ0n) is 15.9. The summed E-state index contributed by atoms with van der Waals surface area (Å²) in [7, 11) is -1.24. The fraction of sp³-hybridized carbons (Fsp3) is 0.389. The van der Waals surface area contributed by atoms with Crippen LogP contribution in [0, 0.1) is 0 Å². The van der Waals surface area contributed by atoms with Gasteiger partial charge in [0.15, 0.2) is 11.5 Å². The van der Waals surface area contributed by atoms with Crippen molar-refractivity contribution < 1.29 is 28.6 Å². The molecule has 0 fully saturated rings. The van der Waals surface area contributed by atoms with Gasteiger partial charge in [-0.05, 0) is 25.0 Å². The van der Waals surface area contributed by atoms with E-state index in [-0.39, 0.29) is 29.3 Å². The number of aromatic nitrogens is 1. The minimum Gasteiger partial charge on any atom is -0.502 e. The number of ether oxygens (including phenoxy) is 2. The van der Waals surface area contributed by atoms with Crippen LogP contribution in [0.3, 0.4) is 0 Å². The highest BCUT2D eigenvalue weighted by molar-refractivity contribution is 7.53. The standard InChI is InChI=1S/C18H25N2O6P/c1-5-13-16(14(6-2)18(25-4)15(21)17(13)24-3)26-27(22,23)11-20-12-7-9-19-10-8-12/h7-10,21H,5-6,11H2,1-4H3,(H,19,20)(H,22,23). The molecule has 9 heteroatoms. The topological polar surface area (TPSA) is 110 Å². The fourth-order valence-corrected chi connectivity index (χ4v) is 3.76. The van der Waals surface area contributed by atoms with Gasteiger partial charge >= 0.3 is 7.60 Å². The lowest BCUT2D eigenvalue weighted by atomic mass is 10.0. The SMILES string of the molecule is CCc1c(OC)c(O)c(OC)c(CC)c1OP(=O)(O)CNc1ccncc1. The first-order valence-electron chi connectivity index (χ1n) is 8.52. The smallest absolute Gasteiger partial charge is 0.395 e. The lowest BCUT2D eigenvalue weighted by Gasteiger charge is -2.23. The summed E-state index contributed by atoms with van der Waals surface area (Å²) in [5.41, 5.74) is 1.66. The van der Waals surface area contributed by atoms with Crippen LogP contribution in [-0.4, -0.2) is 35.5 Å². The monoisotopic (exact) mass is 396 g/mol. The van der Waals surface area contributed by atoms with Crippen LogP contribution in [0.5, 0.6) is 23.0 Å². The molecular weight excluding hydrogens is 371 g/mol. The maximum atomic E-state index is 12.7. The van der Waals surface area contributed by atoms with Crippen LogP contribution in [0.4, 0.5) is 5.69 Å². The molecule has 2 rings (SSSR count). The summed E-state index contributed by atoms with van der Waals surface area (Å²) in [6.07, 6.45) is 3.72. The molecule has 0 radical (unpaired) electrons. The summed E-state index contributed by atoms with van der Waals surface area (Å²) in [6.45, 7) is 3.68. The minimum absolute atomic E-state index is 0.149. The second kappa shape index (κ2) is 8.97. The van der Waals surface area contributed by atoms with Crippen LogP contribution >= 0.6 is 7.60 Å². The average molecular weight is 396 g/mol. The number of phenolic OH excluding ortho intramolecular Hbond substituents is 1. The Bertz CT molecular complexity index is 795. The maximum absolute atomic E-state index is 12.7. The van der Waals surface area contributed by atoms with Crippen molar-refractivity contribution in [3.63, 3.8) is 0 Å². The van der Waals surface area contributed by atoms with E-state index in [9.17, 15) is 14.6 Å². The molecule has 27 heavy (non-hydrogen) atoms. The number of rotatable bonds is 9. The number of benzene rings is 1. The Labute approximate surface area is 158 Å². The van der Waals surface area contributed by atoms with Gasteiger partial charge in [0, 0.05) is 29.2 Å². The highest BCUT2D eigenvalue weighted by atomic mass is 31.2. The first-order chi connectivity index (χ1) is 12.9. The number of pyridine rings is 1. The number of nitrogens with zero attached hydrogens (tertiary/aromatic N) is 1. The highest BCUT2D eigenvalue weighted by Crippen LogP contribution is 2.53. The largest absolute Gasteiger partial charge is 0.502 e. The van der Waals surface area contributed by atoms with Gasteiger partial charge < -0.3 is 29.3 Å². The van der Waals surface area contributed by atoms with E-state index in [0.717, 1.165) is 0 Å². The molecule has 8 nitrogen and oxygen atoms in total. The van der Waals surface area contributed by atoms with Crippen LogP contribution in [0.15, 0.2) is 24.5 Å². The third kappa shape index (κ3) is 4.64. The van der Waals surface area contributed by atoms with E-state index >= 15 is 0 Å². The minimum atomic E-state index is -4.06. The van der Waals surface area contributed by atoms with E-state index in [1.54, 1.807) is 24.5 Å². The van der Waals surface area contributed by atoms with Gasteiger partial charge in [-0.3, -0.25) is 4.98 Å². The van der Waals surface area contributed by atoms with Crippen molar-refractivity contribution in [2.45, 2.75) is 26.7 Å². The van der Waals surface area contributed by atoms with Gasteiger partial charge in [0.25, 0.3) is 0 Å². The Morgan fingerprint density at radius 1 is 1.04 bits per heavy atom. The molecule has 1 aromatic carbocycles. The summed E-state index contributed by atoms with van der Waals surface area (Å²) >= 11 is 0. The molecule has 0 saturated carbocycles. The van der Waals surface area contributed by atoms with Crippen LogP contribution in [0.2, 0.25) is 0 Å². The molecule has 0 aliphatic rings. The van der Waals surface area contributed by atoms with E-state index < -0.39 is 7.60 Å². The predicted octanol–water partition coefficient (Wildman–Crippen LogP) is 3.56. The molecule has 0 saturated heterocycles. The van der Waals surface area contributed by atoms with E-state index in [2.05, 4.69) is 10.3 Å². The van der Waals surface area contributed by atoms with Crippen molar-refractivity contribution in [2.75, 3.05) is 25.8 Å². The van der Waals surface area contributed by atoms with Gasteiger partial charge in [-0.2, -0.15) is 0 Å². The lowest BCUT2D eigenvalue weighted by molar-refractivity contribution is 0.327. The molecule has 2 aromatic rings. The number of methoxy groups -OCH3 is 2. The third-order valence-electron chi connectivity index (χ3n) is 4.04. The Kier molecular flexibility index (Phi) is 6.93. The number of hydrogen-bond acceptors (Lipinski definition) is 7. The number of anilines is 1. The van der Waals surface area contributed by atoms with E-state index in [4.69, 9.17) is 14.0 Å². The van der Waals surface area contributed by atoms with E-state index in [1.807, 2.05) is 13.8 Å². The summed E-state index contributed by atoms with van der Waals surface area (Å²) in [4.78, 5) is 14.3. The third-order valence-corrected chi connectivity index (χ3v) is 5.06. The average Bonchev–Trinajstić information content (AvgIpc) is 2.67. The first-order valence-corrected chi connectivity index (χ1v) is 10.3. The molecule has 0 amide bonds. The second-order valence-corrected chi connectivity index (χ2v) is 7.48. The Balaban J connectivity index is 2.42. The van der Waals surface area contributed by atoms with Crippen LogP contribution in [0.25, 0.3) is 0 Å². The van der Waals surface area contributed by atoms with E-state index in [0.29, 0.717) is 29.7 Å².